The predicted molar refractivity (Wildman–Crippen MR) is 82.3 cm³/mol. The average Bonchev–Trinajstić information content (AvgIpc) is 2.83. The van der Waals surface area contributed by atoms with Gasteiger partial charge in [-0.3, -0.25) is 4.79 Å². The lowest BCUT2D eigenvalue weighted by Crippen LogP contribution is -2.10. The second kappa shape index (κ2) is 5.87. The molecule has 1 fully saturated rings. The fraction of sp³-hybridized carbons (Fsp3) is 0.211. The van der Waals surface area contributed by atoms with Gasteiger partial charge in [0.15, 0.2) is 5.78 Å². The summed E-state index contributed by atoms with van der Waals surface area (Å²) in [5, 5.41) is 0. The molecule has 0 amide bonds. The topological polar surface area (TPSA) is 17.1 Å². The van der Waals surface area contributed by atoms with Gasteiger partial charge >= 0.3 is 0 Å². The molecule has 2 aromatic rings. The van der Waals surface area contributed by atoms with E-state index in [4.69, 9.17) is 0 Å². The minimum absolute atomic E-state index is 0.160. The molecule has 3 rings (SSSR count). The van der Waals surface area contributed by atoms with Gasteiger partial charge in [0.1, 0.15) is 0 Å². The fourth-order valence-electron chi connectivity index (χ4n) is 2.83. The molecule has 1 atom stereocenters. The van der Waals surface area contributed by atoms with Crippen molar-refractivity contribution >= 4 is 11.9 Å². The highest BCUT2D eigenvalue weighted by atomic mass is 16.1. The zero-order chi connectivity index (χ0) is 13.8. The molecule has 1 heteroatoms. The Labute approximate surface area is 120 Å². The highest BCUT2D eigenvalue weighted by molar-refractivity contribution is 6.03. The van der Waals surface area contributed by atoms with E-state index in [0.29, 0.717) is 5.78 Å². The lowest BCUT2D eigenvalue weighted by atomic mass is 9.96. The van der Waals surface area contributed by atoms with Gasteiger partial charge in [-0.1, -0.05) is 60.7 Å². The van der Waals surface area contributed by atoms with E-state index >= 15 is 0 Å². The second-order valence-electron chi connectivity index (χ2n) is 5.37. The molecular formula is C19H18O. The number of allylic oxidation sites excluding steroid dienone is 1. The maximum absolute atomic E-state index is 12.4. The van der Waals surface area contributed by atoms with E-state index in [1.807, 2.05) is 54.6 Å². The Hall–Kier alpha value is -2.15. The van der Waals surface area contributed by atoms with E-state index in [0.717, 1.165) is 30.4 Å². The first kappa shape index (κ1) is 12.9. The monoisotopic (exact) mass is 262 g/mol. The number of ketones is 1. The van der Waals surface area contributed by atoms with Crippen LogP contribution in [-0.2, 0) is 11.2 Å². The number of benzene rings is 2. The van der Waals surface area contributed by atoms with Crippen LogP contribution in [0.1, 0.15) is 24.0 Å². The normalized spacial score (nSPS) is 20.5. The number of carbonyl (C=O) groups is 1. The molecule has 0 bridgehead atoms. The summed E-state index contributed by atoms with van der Waals surface area (Å²) in [6.45, 7) is 0. The summed E-state index contributed by atoms with van der Waals surface area (Å²) in [5.41, 5.74) is 3.36. The van der Waals surface area contributed by atoms with Crippen LogP contribution < -0.4 is 0 Å². The van der Waals surface area contributed by atoms with Crippen LogP contribution >= 0.6 is 0 Å². The van der Waals surface area contributed by atoms with E-state index in [9.17, 15) is 4.79 Å². The number of rotatable bonds is 3. The summed E-state index contributed by atoms with van der Waals surface area (Å²) < 4.78 is 0. The van der Waals surface area contributed by atoms with Gasteiger partial charge in [0.25, 0.3) is 0 Å². The Kier molecular flexibility index (Phi) is 3.78. The standard InChI is InChI=1S/C19H18O/c20-19-17(13-15-7-3-1-4-8-15)11-12-18(19)14-16-9-5-2-6-10-16/h1-10,13,18H,11-12,14H2/b17-13+/t18-/m0/s1. The van der Waals surface area contributed by atoms with Crippen LogP contribution in [-0.4, -0.2) is 5.78 Å². The summed E-state index contributed by atoms with van der Waals surface area (Å²) in [7, 11) is 0. The van der Waals surface area contributed by atoms with Gasteiger partial charge < -0.3 is 0 Å². The average molecular weight is 262 g/mol. The number of carbonyl (C=O) groups excluding carboxylic acids is 1. The molecule has 1 aliphatic rings. The van der Waals surface area contributed by atoms with Crippen molar-refractivity contribution in [3.05, 3.63) is 77.4 Å². The van der Waals surface area contributed by atoms with Crippen molar-refractivity contribution in [2.75, 3.05) is 0 Å². The predicted octanol–water partition coefficient (Wildman–Crippen LogP) is 4.29. The molecule has 1 aliphatic carbocycles. The highest BCUT2D eigenvalue weighted by Gasteiger charge is 2.28. The van der Waals surface area contributed by atoms with Crippen molar-refractivity contribution in [2.45, 2.75) is 19.3 Å². The van der Waals surface area contributed by atoms with E-state index in [-0.39, 0.29) is 5.92 Å². The largest absolute Gasteiger partial charge is 0.294 e. The van der Waals surface area contributed by atoms with E-state index in [1.165, 1.54) is 5.56 Å². The Balaban J connectivity index is 1.73. The van der Waals surface area contributed by atoms with E-state index < -0.39 is 0 Å². The van der Waals surface area contributed by atoms with Gasteiger partial charge in [-0.05, 0) is 42.0 Å². The van der Waals surface area contributed by atoms with Gasteiger partial charge in [0, 0.05) is 5.92 Å². The third kappa shape index (κ3) is 2.88. The number of hydrogen-bond acceptors (Lipinski definition) is 1. The van der Waals surface area contributed by atoms with Crippen molar-refractivity contribution < 1.29 is 4.79 Å². The van der Waals surface area contributed by atoms with Crippen LogP contribution in [0.4, 0.5) is 0 Å². The molecule has 0 aromatic heterocycles. The molecule has 2 aromatic carbocycles. The Morgan fingerprint density at radius 3 is 2.30 bits per heavy atom. The molecule has 100 valence electrons. The molecule has 0 radical (unpaired) electrons. The van der Waals surface area contributed by atoms with Crippen molar-refractivity contribution in [3.63, 3.8) is 0 Å². The van der Waals surface area contributed by atoms with Crippen LogP contribution in [0.15, 0.2) is 66.2 Å². The molecule has 20 heavy (non-hydrogen) atoms. The zero-order valence-electron chi connectivity index (χ0n) is 11.5. The van der Waals surface area contributed by atoms with Crippen LogP contribution in [0.2, 0.25) is 0 Å². The highest BCUT2D eigenvalue weighted by Crippen LogP contribution is 2.30. The van der Waals surface area contributed by atoms with Crippen LogP contribution in [0.3, 0.4) is 0 Å². The molecule has 1 nitrogen and oxygen atoms in total. The van der Waals surface area contributed by atoms with Gasteiger partial charge in [-0.25, -0.2) is 0 Å². The Bertz CT molecular complexity index is 611. The second-order valence-corrected chi connectivity index (χ2v) is 5.37. The first-order valence-electron chi connectivity index (χ1n) is 7.17. The SMILES string of the molecule is O=C1/C(=C/c2ccccc2)CC[C@H]1Cc1ccccc1. The summed E-state index contributed by atoms with van der Waals surface area (Å²) in [4.78, 5) is 12.4. The summed E-state index contributed by atoms with van der Waals surface area (Å²) in [5.74, 6) is 0.491. The van der Waals surface area contributed by atoms with E-state index in [1.54, 1.807) is 0 Å². The van der Waals surface area contributed by atoms with Crippen LogP contribution in [0.5, 0.6) is 0 Å². The first-order valence-corrected chi connectivity index (χ1v) is 7.17. The van der Waals surface area contributed by atoms with Crippen molar-refractivity contribution in [1.82, 2.24) is 0 Å². The Morgan fingerprint density at radius 1 is 0.950 bits per heavy atom. The lowest BCUT2D eigenvalue weighted by molar-refractivity contribution is -0.117. The minimum Gasteiger partial charge on any atom is -0.294 e. The molecule has 0 N–H and O–H groups in total. The maximum atomic E-state index is 12.4. The first-order chi connectivity index (χ1) is 9.83. The van der Waals surface area contributed by atoms with Gasteiger partial charge in [-0.15, -0.1) is 0 Å². The fourth-order valence-corrected chi connectivity index (χ4v) is 2.83. The minimum atomic E-state index is 0.160. The van der Waals surface area contributed by atoms with Gasteiger partial charge in [0.05, 0.1) is 0 Å². The summed E-state index contributed by atoms with van der Waals surface area (Å²) >= 11 is 0. The van der Waals surface area contributed by atoms with Crippen molar-refractivity contribution in [2.24, 2.45) is 5.92 Å². The summed E-state index contributed by atoms with van der Waals surface area (Å²) in [6, 6.07) is 20.4. The summed E-state index contributed by atoms with van der Waals surface area (Å²) in [6.07, 6.45) is 4.80. The number of Topliss-reactive ketones (excluding diaryl/α,β-unsaturated/α-hetero) is 1. The molecule has 0 heterocycles. The Morgan fingerprint density at radius 2 is 1.60 bits per heavy atom. The molecule has 0 aliphatic heterocycles. The maximum Gasteiger partial charge on any atom is 0.162 e. The molecule has 0 spiro atoms. The smallest absolute Gasteiger partial charge is 0.162 e. The lowest BCUT2D eigenvalue weighted by Gasteiger charge is -2.07. The molecular weight excluding hydrogens is 244 g/mol. The zero-order valence-corrected chi connectivity index (χ0v) is 11.5. The van der Waals surface area contributed by atoms with E-state index in [2.05, 4.69) is 12.1 Å². The quantitative estimate of drug-likeness (QED) is 0.754. The van der Waals surface area contributed by atoms with Crippen molar-refractivity contribution in [3.8, 4) is 0 Å². The van der Waals surface area contributed by atoms with Gasteiger partial charge in [0.2, 0.25) is 0 Å². The molecule has 1 saturated carbocycles. The van der Waals surface area contributed by atoms with Gasteiger partial charge in [-0.2, -0.15) is 0 Å². The number of hydrogen-bond donors (Lipinski definition) is 0. The molecule has 0 saturated heterocycles. The van der Waals surface area contributed by atoms with Crippen molar-refractivity contribution in [1.29, 1.82) is 0 Å². The third-order valence-corrected chi connectivity index (χ3v) is 3.91. The third-order valence-electron chi connectivity index (χ3n) is 3.91. The molecule has 0 unspecified atom stereocenters. The van der Waals surface area contributed by atoms with Crippen LogP contribution in [0.25, 0.3) is 6.08 Å². The van der Waals surface area contributed by atoms with Crippen LogP contribution in [0, 0.1) is 5.92 Å².